The fourth-order valence-corrected chi connectivity index (χ4v) is 3.27. The molecule has 0 bridgehead atoms. The fraction of sp³-hybridized carbons (Fsp3) is 0.550. The molecule has 0 radical (unpaired) electrons. The van der Waals surface area contributed by atoms with E-state index in [2.05, 4.69) is 10.6 Å². The number of rotatable bonds is 5. The van der Waals surface area contributed by atoms with Crippen molar-refractivity contribution in [2.75, 3.05) is 5.32 Å². The van der Waals surface area contributed by atoms with Crippen LogP contribution >= 0.6 is 0 Å². The van der Waals surface area contributed by atoms with Gasteiger partial charge in [0.25, 0.3) is 0 Å². The van der Waals surface area contributed by atoms with Crippen LogP contribution in [-0.2, 0) is 9.53 Å². The highest BCUT2D eigenvalue weighted by atomic mass is 16.6. The number of amides is 3. The van der Waals surface area contributed by atoms with Gasteiger partial charge in [-0.2, -0.15) is 0 Å². The molecule has 1 aliphatic carbocycles. The van der Waals surface area contributed by atoms with Crippen LogP contribution in [0.2, 0.25) is 0 Å². The lowest BCUT2D eigenvalue weighted by Crippen LogP contribution is -2.50. The minimum Gasteiger partial charge on any atom is -0.444 e. The minimum atomic E-state index is -0.935. The minimum absolute atomic E-state index is 0.0336. The van der Waals surface area contributed by atoms with Crippen molar-refractivity contribution in [3.63, 3.8) is 0 Å². The SMILES string of the molecule is CC(C)(C)OC(=O)NC(C(=O)Nc1cccc(OC(N)=O)c1)C1CCCCC1. The van der Waals surface area contributed by atoms with Crippen LogP contribution in [0.4, 0.5) is 15.3 Å². The molecule has 1 aromatic carbocycles. The van der Waals surface area contributed by atoms with Crippen LogP contribution in [0.5, 0.6) is 5.75 Å². The van der Waals surface area contributed by atoms with Crippen LogP contribution in [0, 0.1) is 5.92 Å². The maximum atomic E-state index is 12.9. The van der Waals surface area contributed by atoms with Gasteiger partial charge in [-0.25, -0.2) is 9.59 Å². The first-order chi connectivity index (χ1) is 13.1. The Labute approximate surface area is 165 Å². The van der Waals surface area contributed by atoms with E-state index in [1.54, 1.807) is 39.0 Å². The standard InChI is InChI=1S/C20H29N3O5/c1-20(2,3)28-19(26)23-16(13-8-5-4-6-9-13)17(24)22-14-10-7-11-15(12-14)27-18(21)25/h7,10-13,16H,4-6,8-9H2,1-3H3,(H2,21,25)(H,22,24)(H,23,26). The third-order valence-corrected chi connectivity index (χ3v) is 4.40. The molecule has 1 aromatic rings. The van der Waals surface area contributed by atoms with Crippen LogP contribution in [0.1, 0.15) is 52.9 Å². The Morgan fingerprint density at radius 3 is 2.43 bits per heavy atom. The predicted molar refractivity (Wildman–Crippen MR) is 105 cm³/mol. The second-order valence-corrected chi connectivity index (χ2v) is 7.96. The first-order valence-corrected chi connectivity index (χ1v) is 9.52. The van der Waals surface area contributed by atoms with Gasteiger partial charge in [0.05, 0.1) is 0 Å². The topological polar surface area (TPSA) is 120 Å². The molecule has 1 unspecified atom stereocenters. The van der Waals surface area contributed by atoms with Crippen LogP contribution in [0.25, 0.3) is 0 Å². The lowest BCUT2D eigenvalue weighted by Gasteiger charge is -2.31. The lowest BCUT2D eigenvalue weighted by atomic mass is 9.83. The zero-order chi connectivity index (χ0) is 20.7. The zero-order valence-electron chi connectivity index (χ0n) is 16.6. The summed E-state index contributed by atoms with van der Waals surface area (Å²) in [7, 11) is 0. The number of carbonyl (C=O) groups is 3. The van der Waals surface area contributed by atoms with E-state index in [9.17, 15) is 14.4 Å². The molecule has 0 spiro atoms. The van der Waals surface area contributed by atoms with E-state index in [1.165, 1.54) is 6.07 Å². The highest BCUT2D eigenvalue weighted by Gasteiger charge is 2.32. The second kappa shape index (κ2) is 9.43. The summed E-state index contributed by atoms with van der Waals surface area (Å²) in [6.45, 7) is 5.31. The van der Waals surface area contributed by atoms with E-state index in [-0.39, 0.29) is 17.6 Å². The Kier molecular flexibility index (Phi) is 7.25. The van der Waals surface area contributed by atoms with Crippen LogP contribution in [0.15, 0.2) is 24.3 Å². The summed E-state index contributed by atoms with van der Waals surface area (Å²) in [6.07, 6.45) is 3.33. The second-order valence-electron chi connectivity index (χ2n) is 7.96. The van der Waals surface area contributed by atoms with Gasteiger partial charge in [-0.05, 0) is 51.7 Å². The molecule has 0 aliphatic heterocycles. The third kappa shape index (κ3) is 7.09. The van der Waals surface area contributed by atoms with E-state index in [4.69, 9.17) is 15.2 Å². The molecule has 154 valence electrons. The highest BCUT2D eigenvalue weighted by molar-refractivity contribution is 5.97. The van der Waals surface area contributed by atoms with Crippen LogP contribution in [0.3, 0.4) is 0 Å². The highest BCUT2D eigenvalue weighted by Crippen LogP contribution is 2.28. The summed E-state index contributed by atoms with van der Waals surface area (Å²) in [6, 6.07) is 5.63. The van der Waals surface area contributed by atoms with E-state index < -0.39 is 23.8 Å². The molecule has 0 aromatic heterocycles. The number of anilines is 1. The predicted octanol–water partition coefficient (Wildman–Crippen LogP) is 3.56. The largest absolute Gasteiger partial charge is 0.444 e. The number of benzene rings is 1. The van der Waals surface area contributed by atoms with Gasteiger partial charge in [0.2, 0.25) is 5.91 Å². The normalized spacial score (nSPS) is 16.0. The molecule has 8 heteroatoms. The quantitative estimate of drug-likeness (QED) is 0.709. The zero-order valence-corrected chi connectivity index (χ0v) is 16.6. The molecule has 8 nitrogen and oxygen atoms in total. The Morgan fingerprint density at radius 2 is 1.82 bits per heavy atom. The average Bonchev–Trinajstić information content (AvgIpc) is 2.58. The van der Waals surface area contributed by atoms with Crippen molar-refractivity contribution < 1.29 is 23.9 Å². The Morgan fingerprint density at radius 1 is 1.14 bits per heavy atom. The van der Waals surface area contributed by atoms with E-state index in [0.29, 0.717) is 5.69 Å². The third-order valence-electron chi connectivity index (χ3n) is 4.40. The van der Waals surface area contributed by atoms with E-state index in [0.717, 1.165) is 32.1 Å². The first kappa shape index (κ1) is 21.5. The van der Waals surface area contributed by atoms with E-state index >= 15 is 0 Å². The molecule has 2 rings (SSSR count). The van der Waals surface area contributed by atoms with Crippen molar-refractivity contribution in [1.82, 2.24) is 5.32 Å². The smallest absolute Gasteiger partial charge is 0.409 e. The van der Waals surface area contributed by atoms with Gasteiger partial charge in [0.1, 0.15) is 17.4 Å². The number of nitrogens with one attached hydrogen (secondary N) is 2. The summed E-state index contributed by atoms with van der Waals surface area (Å²) in [5.74, 6) is -0.0834. The number of carbonyl (C=O) groups excluding carboxylic acids is 3. The van der Waals surface area contributed by atoms with Gasteiger partial charge in [0.15, 0.2) is 0 Å². The van der Waals surface area contributed by atoms with Crippen molar-refractivity contribution in [3.8, 4) is 5.75 Å². The van der Waals surface area contributed by atoms with Gasteiger partial charge < -0.3 is 25.8 Å². The summed E-state index contributed by atoms with van der Waals surface area (Å²) in [5.41, 5.74) is 4.80. The molecule has 3 amide bonds. The van der Waals surface area contributed by atoms with Gasteiger partial charge in [-0.15, -0.1) is 0 Å². The fourth-order valence-electron chi connectivity index (χ4n) is 3.27. The van der Waals surface area contributed by atoms with Crippen LogP contribution in [-0.4, -0.2) is 29.7 Å². The number of ether oxygens (including phenoxy) is 2. The molecule has 0 heterocycles. The maximum Gasteiger partial charge on any atom is 0.409 e. The molecular weight excluding hydrogens is 362 g/mol. The Bertz CT molecular complexity index is 708. The molecule has 1 fully saturated rings. The van der Waals surface area contributed by atoms with Crippen molar-refractivity contribution in [2.45, 2.75) is 64.5 Å². The Hall–Kier alpha value is -2.77. The first-order valence-electron chi connectivity index (χ1n) is 9.52. The van der Waals surface area contributed by atoms with Gasteiger partial charge in [-0.3, -0.25) is 4.79 Å². The van der Waals surface area contributed by atoms with Gasteiger partial charge in [-0.1, -0.05) is 25.3 Å². The summed E-state index contributed by atoms with van der Waals surface area (Å²) >= 11 is 0. The summed E-state index contributed by atoms with van der Waals surface area (Å²) in [5, 5.41) is 5.51. The average molecular weight is 391 g/mol. The van der Waals surface area contributed by atoms with E-state index in [1.807, 2.05) is 0 Å². The summed E-state index contributed by atoms with van der Waals surface area (Å²) in [4.78, 5) is 36.1. The number of hydrogen-bond donors (Lipinski definition) is 3. The molecule has 0 saturated heterocycles. The number of alkyl carbamates (subject to hydrolysis) is 1. The molecule has 1 atom stereocenters. The van der Waals surface area contributed by atoms with Crippen LogP contribution < -0.4 is 21.1 Å². The molecule has 1 saturated carbocycles. The monoisotopic (exact) mass is 391 g/mol. The van der Waals surface area contributed by atoms with Crippen molar-refractivity contribution in [2.24, 2.45) is 11.7 Å². The number of primary amides is 1. The van der Waals surface area contributed by atoms with Gasteiger partial charge in [0, 0.05) is 11.8 Å². The number of nitrogens with two attached hydrogens (primary N) is 1. The van der Waals surface area contributed by atoms with Crippen molar-refractivity contribution >= 4 is 23.8 Å². The number of hydrogen-bond acceptors (Lipinski definition) is 5. The van der Waals surface area contributed by atoms with Crippen molar-refractivity contribution in [1.29, 1.82) is 0 Å². The Balaban J connectivity index is 2.11. The van der Waals surface area contributed by atoms with Gasteiger partial charge >= 0.3 is 12.2 Å². The molecule has 1 aliphatic rings. The lowest BCUT2D eigenvalue weighted by molar-refractivity contribution is -0.119. The molecule has 4 N–H and O–H groups in total. The summed E-state index contributed by atoms with van der Waals surface area (Å²) < 4.78 is 10.2. The van der Waals surface area contributed by atoms with Crippen molar-refractivity contribution in [3.05, 3.63) is 24.3 Å². The molecular formula is C20H29N3O5. The molecule has 28 heavy (non-hydrogen) atoms. The maximum absolute atomic E-state index is 12.9.